The van der Waals surface area contributed by atoms with Crippen molar-refractivity contribution in [3.63, 3.8) is 0 Å². The number of Topliss-reactive ketones (excluding diaryl/α,β-unsaturated/α-hetero) is 1. The summed E-state index contributed by atoms with van der Waals surface area (Å²) in [5.74, 6) is -1.73. The molecule has 2 N–H and O–H groups in total. The van der Waals surface area contributed by atoms with E-state index in [2.05, 4.69) is 0 Å². The predicted molar refractivity (Wildman–Crippen MR) is 38.6 cm³/mol. The van der Waals surface area contributed by atoms with Gasteiger partial charge in [0.1, 0.15) is 0 Å². The Morgan fingerprint density at radius 2 is 2.27 bits per heavy atom. The minimum Gasteiger partial charge on any atom is -0.288 e. The van der Waals surface area contributed by atoms with Gasteiger partial charge in [-0.05, 0) is 11.4 Å². The second kappa shape index (κ2) is 3.27. The molecule has 0 bridgehead atoms. The molecule has 0 radical (unpaired) electrons. The van der Waals surface area contributed by atoms with Crippen LogP contribution in [0.4, 0.5) is 0 Å². The van der Waals surface area contributed by atoms with Gasteiger partial charge in [-0.15, -0.1) is 11.3 Å². The summed E-state index contributed by atoms with van der Waals surface area (Å²) in [5, 5.41) is 9.77. The van der Waals surface area contributed by atoms with Gasteiger partial charge in [0.2, 0.25) is 0 Å². The van der Waals surface area contributed by atoms with Crippen molar-refractivity contribution in [2.24, 2.45) is 0 Å². The molecular formula is C6H5NO3S. The average molecular weight is 171 g/mol. The summed E-state index contributed by atoms with van der Waals surface area (Å²) >= 11 is 1.15. The summed E-state index contributed by atoms with van der Waals surface area (Å²) in [6.45, 7) is 0. The lowest BCUT2D eigenvalue weighted by atomic mass is 10.3. The van der Waals surface area contributed by atoms with E-state index >= 15 is 0 Å². The summed E-state index contributed by atoms with van der Waals surface area (Å²) in [6, 6.07) is 3.17. The van der Waals surface area contributed by atoms with E-state index in [4.69, 9.17) is 5.21 Å². The fourth-order valence-corrected chi connectivity index (χ4v) is 1.23. The number of hydroxylamine groups is 1. The molecule has 0 unspecified atom stereocenters. The standard InChI is InChI=1S/C6H5NO3S/c8-5(6(9)7-10)4-2-1-3-11-4/h1-3,10H,(H,7,9). The van der Waals surface area contributed by atoms with Crippen LogP contribution < -0.4 is 5.48 Å². The summed E-state index contributed by atoms with van der Waals surface area (Å²) in [4.78, 5) is 21.7. The molecule has 0 saturated heterocycles. The number of rotatable bonds is 2. The Bertz CT molecular complexity index is 267. The molecule has 0 aliphatic rings. The number of ketones is 1. The monoisotopic (exact) mass is 171 g/mol. The van der Waals surface area contributed by atoms with Crippen molar-refractivity contribution in [1.82, 2.24) is 5.48 Å². The van der Waals surface area contributed by atoms with Gasteiger partial charge in [-0.2, -0.15) is 0 Å². The van der Waals surface area contributed by atoms with Crippen molar-refractivity contribution in [2.45, 2.75) is 0 Å². The molecule has 1 heterocycles. The van der Waals surface area contributed by atoms with E-state index in [9.17, 15) is 9.59 Å². The van der Waals surface area contributed by atoms with E-state index in [1.165, 1.54) is 11.5 Å². The summed E-state index contributed by atoms with van der Waals surface area (Å²) < 4.78 is 0. The normalized spacial score (nSPS) is 9.18. The molecule has 1 aromatic heterocycles. The highest BCUT2D eigenvalue weighted by Crippen LogP contribution is 2.08. The molecule has 4 nitrogen and oxygen atoms in total. The van der Waals surface area contributed by atoms with E-state index in [0.717, 1.165) is 11.3 Å². The molecule has 5 heteroatoms. The Morgan fingerprint density at radius 1 is 1.55 bits per heavy atom. The second-order valence-corrected chi connectivity index (χ2v) is 2.70. The smallest absolute Gasteiger partial charge is 0.288 e. The molecule has 0 aliphatic carbocycles. The lowest BCUT2D eigenvalue weighted by molar-refractivity contribution is -0.124. The number of hydrogen-bond acceptors (Lipinski definition) is 4. The number of thiophene rings is 1. The first-order valence-corrected chi connectivity index (χ1v) is 3.66. The second-order valence-electron chi connectivity index (χ2n) is 1.75. The molecule has 0 aromatic carbocycles. The predicted octanol–water partition coefficient (Wildman–Crippen LogP) is 0.436. The molecule has 0 spiro atoms. The van der Waals surface area contributed by atoms with E-state index in [1.807, 2.05) is 0 Å². The third-order valence-corrected chi connectivity index (χ3v) is 1.92. The molecule has 0 aliphatic heterocycles. The van der Waals surface area contributed by atoms with Crippen molar-refractivity contribution in [3.8, 4) is 0 Å². The fraction of sp³-hybridized carbons (Fsp3) is 0. The fourth-order valence-electron chi connectivity index (χ4n) is 0.570. The number of amides is 1. The van der Waals surface area contributed by atoms with Gasteiger partial charge in [-0.25, -0.2) is 5.48 Å². The Labute approximate surface area is 66.4 Å². The first-order chi connectivity index (χ1) is 5.25. The minimum absolute atomic E-state index is 0.316. The first kappa shape index (κ1) is 7.90. The largest absolute Gasteiger partial charge is 0.316 e. The van der Waals surface area contributed by atoms with Gasteiger partial charge in [0.25, 0.3) is 5.78 Å². The number of hydrogen-bond donors (Lipinski definition) is 2. The highest BCUT2D eigenvalue weighted by molar-refractivity contribution is 7.12. The summed E-state index contributed by atoms with van der Waals surface area (Å²) in [6.07, 6.45) is 0. The molecule has 1 amide bonds. The Kier molecular flexibility index (Phi) is 2.35. The lowest BCUT2D eigenvalue weighted by Gasteiger charge is -1.92. The van der Waals surface area contributed by atoms with Crippen LogP contribution in [0.5, 0.6) is 0 Å². The van der Waals surface area contributed by atoms with Crippen LogP contribution in [0.15, 0.2) is 17.5 Å². The minimum atomic E-state index is -1.01. The van der Waals surface area contributed by atoms with Gasteiger partial charge in [-0.1, -0.05) is 6.07 Å². The average Bonchev–Trinajstić information content (AvgIpc) is 2.53. The topological polar surface area (TPSA) is 66.4 Å². The first-order valence-electron chi connectivity index (χ1n) is 2.78. The van der Waals surface area contributed by atoms with E-state index in [0.29, 0.717) is 4.88 Å². The Morgan fingerprint density at radius 3 is 2.73 bits per heavy atom. The Hall–Kier alpha value is -1.20. The molecule has 11 heavy (non-hydrogen) atoms. The molecule has 1 rings (SSSR count). The van der Waals surface area contributed by atoms with Gasteiger partial charge in [0, 0.05) is 0 Å². The Balaban J connectivity index is 2.79. The van der Waals surface area contributed by atoms with Crippen molar-refractivity contribution in [1.29, 1.82) is 0 Å². The number of nitrogens with one attached hydrogen (secondary N) is 1. The van der Waals surface area contributed by atoms with Crippen LogP contribution in [0, 0.1) is 0 Å². The van der Waals surface area contributed by atoms with Crippen molar-refractivity contribution in [2.75, 3.05) is 0 Å². The number of carbonyl (C=O) groups excluding carboxylic acids is 2. The van der Waals surface area contributed by atoms with E-state index in [-0.39, 0.29) is 0 Å². The van der Waals surface area contributed by atoms with Crippen LogP contribution in [0.25, 0.3) is 0 Å². The summed E-state index contributed by atoms with van der Waals surface area (Å²) in [5.41, 5.74) is 1.27. The van der Waals surface area contributed by atoms with Crippen LogP contribution in [0.2, 0.25) is 0 Å². The highest BCUT2D eigenvalue weighted by Gasteiger charge is 2.15. The summed E-state index contributed by atoms with van der Waals surface area (Å²) in [7, 11) is 0. The van der Waals surface area contributed by atoms with Gasteiger partial charge in [0.05, 0.1) is 4.88 Å². The maximum atomic E-state index is 10.9. The quantitative estimate of drug-likeness (QED) is 0.293. The molecule has 1 aromatic rings. The zero-order valence-corrected chi connectivity index (χ0v) is 6.22. The molecular weight excluding hydrogens is 166 g/mol. The molecule has 0 saturated carbocycles. The molecule has 58 valence electrons. The molecule has 0 fully saturated rings. The van der Waals surface area contributed by atoms with Crippen LogP contribution in [0.3, 0.4) is 0 Å². The van der Waals surface area contributed by atoms with Crippen molar-refractivity contribution in [3.05, 3.63) is 22.4 Å². The van der Waals surface area contributed by atoms with E-state index < -0.39 is 11.7 Å². The third kappa shape index (κ3) is 1.63. The zero-order valence-electron chi connectivity index (χ0n) is 5.40. The van der Waals surface area contributed by atoms with E-state index in [1.54, 1.807) is 11.4 Å². The lowest BCUT2D eigenvalue weighted by Crippen LogP contribution is -2.27. The van der Waals surface area contributed by atoms with Gasteiger partial charge in [0.15, 0.2) is 0 Å². The number of carbonyl (C=O) groups is 2. The third-order valence-electron chi connectivity index (χ3n) is 1.05. The van der Waals surface area contributed by atoms with Crippen LogP contribution in [-0.4, -0.2) is 16.9 Å². The SMILES string of the molecule is O=C(NO)C(=O)c1cccs1. The zero-order chi connectivity index (χ0) is 8.27. The van der Waals surface area contributed by atoms with Crippen LogP contribution >= 0.6 is 11.3 Å². The van der Waals surface area contributed by atoms with Gasteiger partial charge < -0.3 is 0 Å². The van der Waals surface area contributed by atoms with Gasteiger partial charge >= 0.3 is 5.91 Å². The van der Waals surface area contributed by atoms with Gasteiger partial charge in [-0.3, -0.25) is 14.8 Å². The highest BCUT2D eigenvalue weighted by atomic mass is 32.1. The van der Waals surface area contributed by atoms with Crippen LogP contribution in [-0.2, 0) is 4.79 Å². The van der Waals surface area contributed by atoms with Crippen LogP contribution in [0.1, 0.15) is 9.67 Å². The van der Waals surface area contributed by atoms with Crippen molar-refractivity contribution >= 4 is 23.0 Å². The maximum absolute atomic E-state index is 10.9. The van der Waals surface area contributed by atoms with Crippen molar-refractivity contribution < 1.29 is 14.8 Å². The molecule has 0 atom stereocenters. The maximum Gasteiger partial charge on any atom is 0.316 e.